The van der Waals surface area contributed by atoms with Gasteiger partial charge in [0.2, 0.25) is 0 Å². The third-order valence-corrected chi connectivity index (χ3v) is 6.24. The van der Waals surface area contributed by atoms with E-state index in [1.54, 1.807) is 4.90 Å². The number of rotatable bonds is 1. The van der Waals surface area contributed by atoms with Crippen molar-refractivity contribution in [2.45, 2.75) is 46.0 Å². The van der Waals surface area contributed by atoms with Crippen LogP contribution in [0.2, 0.25) is 19.6 Å². The standard InChI is InChI=1S/C22H28BrFN4O2Si/c1-22(2,3)30-21(29)28-10-8-27(9-11-28)20-16-13-15(7-12-31(4,5)6)17(23)18(24)19(16)25-14-26-20/h13-14H,8-11H2,1-6H3. The second-order valence-corrected chi connectivity index (χ2v) is 15.1. The maximum Gasteiger partial charge on any atom is 0.410 e. The topological polar surface area (TPSA) is 58.6 Å². The highest BCUT2D eigenvalue weighted by Crippen LogP contribution is 2.32. The molecule has 0 spiro atoms. The van der Waals surface area contributed by atoms with Gasteiger partial charge in [0.25, 0.3) is 0 Å². The highest BCUT2D eigenvalue weighted by atomic mass is 79.9. The van der Waals surface area contributed by atoms with Gasteiger partial charge >= 0.3 is 6.09 Å². The van der Waals surface area contributed by atoms with Gasteiger partial charge in [0.1, 0.15) is 31.3 Å². The number of hydrogen-bond acceptors (Lipinski definition) is 5. The molecule has 1 amide bonds. The Morgan fingerprint density at radius 2 is 1.84 bits per heavy atom. The number of carbonyl (C=O) groups is 1. The SMILES string of the molecule is CC(C)(C)OC(=O)N1CCN(c2ncnc3c(F)c(Br)c(C#C[Si](C)(C)C)cc23)CC1. The zero-order valence-electron chi connectivity index (χ0n) is 18.8. The first-order valence-corrected chi connectivity index (χ1v) is 14.5. The molecule has 0 aliphatic carbocycles. The molecule has 1 aromatic carbocycles. The zero-order valence-corrected chi connectivity index (χ0v) is 21.4. The monoisotopic (exact) mass is 506 g/mol. The van der Waals surface area contributed by atoms with Gasteiger partial charge in [-0.2, -0.15) is 0 Å². The number of piperazine rings is 1. The van der Waals surface area contributed by atoms with Crippen LogP contribution in [-0.4, -0.2) is 60.8 Å². The quantitative estimate of drug-likeness (QED) is 0.409. The molecule has 1 aromatic heterocycles. The lowest BCUT2D eigenvalue weighted by Crippen LogP contribution is -2.50. The van der Waals surface area contributed by atoms with Crippen molar-refractivity contribution >= 4 is 46.8 Å². The zero-order chi connectivity index (χ0) is 23.0. The Kier molecular flexibility index (Phi) is 6.63. The van der Waals surface area contributed by atoms with Gasteiger partial charge in [-0.1, -0.05) is 25.6 Å². The molecule has 0 bridgehead atoms. The first-order valence-electron chi connectivity index (χ1n) is 10.2. The van der Waals surface area contributed by atoms with Crippen LogP contribution in [0.25, 0.3) is 10.9 Å². The summed E-state index contributed by atoms with van der Waals surface area (Å²) in [6.45, 7) is 14.1. The van der Waals surface area contributed by atoms with Gasteiger partial charge < -0.3 is 14.5 Å². The number of nitrogens with zero attached hydrogens (tertiary/aromatic N) is 4. The summed E-state index contributed by atoms with van der Waals surface area (Å²) in [5.74, 6) is 3.35. The van der Waals surface area contributed by atoms with E-state index in [1.165, 1.54) is 6.33 Å². The van der Waals surface area contributed by atoms with Crippen LogP contribution in [0.1, 0.15) is 26.3 Å². The number of ether oxygens (including phenoxy) is 1. The number of amides is 1. The fraction of sp³-hybridized carbons (Fsp3) is 0.500. The highest BCUT2D eigenvalue weighted by Gasteiger charge is 2.27. The van der Waals surface area contributed by atoms with E-state index in [1.807, 2.05) is 31.7 Å². The van der Waals surface area contributed by atoms with Crippen molar-refractivity contribution < 1.29 is 13.9 Å². The molecule has 1 fully saturated rings. The average Bonchev–Trinajstić information content (AvgIpc) is 2.67. The van der Waals surface area contributed by atoms with Crippen molar-refractivity contribution in [1.29, 1.82) is 0 Å². The van der Waals surface area contributed by atoms with Crippen molar-refractivity contribution in [2.75, 3.05) is 31.1 Å². The Labute approximate surface area is 192 Å². The van der Waals surface area contributed by atoms with E-state index in [4.69, 9.17) is 4.74 Å². The predicted molar refractivity (Wildman–Crippen MR) is 127 cm³/mol. The van der Waals surface area contributed by atoms with E-state index in [9.17, 15) is 4.79 Å². The summed E-state index contributed by atoms with van der Waals surface area (Å²) in [5, 5.41) is 0.619. The number of aromatic nitrogens is 2. The van der Waals surface area contributed by atoms with Crippen LogP contribution in [0.15, 0.2) is 16.9 Å². The predicted octanol–water partition coefficient (Wildman–Crippen LogP) is 4.82. The van der Waals surface area contributed by atoms with Gasteiger partial charge in [-0.3, -0.25) is 0 Å². The minimum Gasteiger partial charge on any atom is -0.444 e. The summed E-state index contributed by atoms with van der Waals surface area (Å²) in [4.78, 5) is 24.7. The number of anilines is 1. The summed E-state index contributed by atoms with van der Waals surface area (Å²) in [6, 6.07) is 1.85. The number of halogens is 2. The summed E-state index contributed by atoms with van der Waals surface area (Å²) in [7, 11) is -1.62. The number of hydrogen-bond donors (Lipinski definition) is 0. The second-order valence-electron chi connectivity index (χ2n) is 9.60. The second kappa shape index (κ2) is 8.75. The van der Waals surface area contributed by atoms with E-state index in [0.29, 0.717) is 47.4 Å². The van der Waals surface area contributed by atoms with Crippen LogP contribution >= 0.6 is 15.9 Å². The molecule has 2 heterocycles. The van der Waals surface area contributed by atoms with Crippen LogP contribution in [-0.2, 0) is 4.74 Å². The number of carbonyl (C=O) groups excluding carboxylic acids is 1. The van der Waals surface area contributed by atoms with Gasteiger partial charge in [0.05, 0.1) is 4.47 Å². The molecule has 9 heteroatoms. The first-order chi connectivity index (χ1) is 14.4. The Morgan fingerprint density at radius 1 is 1.19 bits per heavy atom. The fourth-order valence-electron chi connectivity index (χ4n) is 3.15. The Bertz CT molecular complexity index is 1060. The van der Waals surface area contributed by atoms with Crippen molar-refractivity contribution in [1.82, 2.24) is 14.9 Å². The molecule has 1 saturated heterocycles. The lowest BCUT2D eigenvalue weighted by atomic mass is 10.1. The van der Waals surface area contributed by atoms with E-state index in [2.05, 4.69) is 57.0 Å². The molecule has 3 rings (SSSR count). The minimum absolute atomic E-state index is 0.255. The van der Waals surface area contributed by atoms with Crippen LogP contribution in [0, 0.1) is 17.3 Å². The number of fused-ring (bicyclic) bond motifs is 1. The van der Waals surface area contributed by atoms with Crippen LogP contribution in [0.5, 0.6) is 0 Å². The minimum atomic E-state index is -1.62. The average molecular weight is 507 g/mol. The molecule has 0 atom stereocenters. The summed E-state index contributed by atoms with van der Waals surface area (Å²) >= 11 is 3.34. The van der Waals surface area contributed by atoms with E-state index >= 15 is 4.39 Å². The molecule has 0 N–H and O–H groups in total. The third kappa shape index (κ3) is 5.74. The molecule has 6 nitrogen and oxygen atoms in total. The smallest absolute Gasteiger partial charge is 0.410 e. The molecule has 0 unspecified atom stereocenters. The molecule has 166 valence electrons. The van der Waals surface area contributed by atoms with Gasteiger partial charge in [-0.05, 0) is 42.8 Å². The molecule has 2 aromatic rings. The Balaban J connectivity index is 1.90. The van der Waals surface area contributed by atoms with Crippen LogP contribution < -0.4 is 4.90 Å². The van der Waals surface area contributed by atoms with Crippen molar-refractivity contribution in [2.24, 2.45) is 0 Å². The van der Waals surface area contributed by atoms with Crippen LogP contribution in [0.4, 0.5) is 15.0 Å². The fourth-order valence-corrected chi connectivity index (χ4v) is 4.06. The maximum absolute atomic E-state index is 15.1. The summed E-state index contributed by atoms with van der Waals surface area (Å²) < 4.78 is 20.9. The molecule has 1 aliphatic heterocycles. The van der Waals surface area contributed by atoms with Crippen molar-refractivity contribution in [3.63, 3.8) is 0 Å². The molecule has 0 radical (unpaired) electrons. The maximum atomic E-state index is 15.1. The van der Waals surface area contributed by atoms with Gasteiger partial charge in [0.15, 0.2) is 5.82 Å². The van der Waals surface area contributed by atoms with E-state index < -0.39 is 19.5 Å². The van der Waals surface area contributed by atoms with Crippen LogP contribution in [0.3, 0.4) is 0 Å². The van der Waals surface area contributed by atoms with Gasteiger partial charge in [0, 0.05) is 37.1 Å². The lowest BCUT2D eigenvalue weighted by molar-refractivity contribution is 0.0240. The normalized spacial score (nSPS) is 15.0. The first kappa shape index (κ1) is 23.5. The Hall–Kier alpha value is -2.18. The molecule has 0 saturated carbocycles. The third-order valence-electron chi connectivity index (χ3n) is 4.59. The van der Waals surface area contributed by atoms with E-state index in [-0.39, 0.29) is 11.6 Å². The van der Waals surface area contributed by atoms with Crippen molar-refractivity contribution in [3.05, 3.63) is 28.2 Å². The molecule has 31 heavy (non-hydrogen) atoms. The largest absolute Gasteiger partial charge is 0.444 e. The van der Waals surface area contributed by atoms with Gasteiger partial charge in [-0.15, -0.1) is 5.54 Å². The highest BCUT2D eigenvalue weighted by molar-refractivity contribution is 9.10. The lowest BCUT2D eigenvalue weighted by Gasteiger charge is -2.36. The summed E-state index contributed by atoms with van der Waals surface area (Å²) in [5.41, 5.74) is 3.60. The van der Waals surface area contributed by atoms with Crippen molar-refractivity contribution in [3.8, 4) is 11.5 Å². The molecular formula is C22H28BrFN4O2Si. The molecule has 1 aliphatic rings. The van der Waals surface area contributed by atoms with Gasteiger partial charge in [-0.25, -0.2) is 19.2 Å². The van der Waals surface area contributed by atoms with E-state index in [0.717, 1.165) is 0 Å². The number of benzene rings is 1. The Morgan fingerprint density at radius 3 is 2.42 bits per heavy atom. The summed E-state index contributed by atoms with van der Waals surface area (Å²) in [6.07, 6.45) is 1.06. The molecular weight excluding hydrogens is 479 g/mol.